The Bertz CT molecular complexity index is 655. The number of benzene rings is 2. The lowest BCUT2D eigenvalue weighted by atomic mass is 10.1. The van der Waals surface area contributed by atoms with Crippen LogP contribution in [-0.2, 0) is 17.7 Å². The first-order chi connectivity index (χ1) is 12.7. The largest absolute Gasteiger partial charge is 0.496 e. The molecule has 1 saturated heterocycles. The maximum Gasteiger partial charge on any atom is 0.123 e. The number of aliphatic hydroxyl groups is 1. The molecule has 1 heterocycles. The van der Waals surface area contributed by atoms with Gasteiger partial charge in [-0.1, -0.05) is 48.5 Å². The van der Waals surface area contributed by atoms with Gasteiger partial charge in [0.15, 0.2) is 0 Å². The Hall–Kier alpha value is -1.88. The molecule has 2 aromatic rings. The van der Waals surface area contributed by atoms with Crippen molar-refractivity contribution in [2.45, 2.75) is 38.0 Å². The summed E-state index contributed by atoms with van der Waals surface area (Å²) in [5.41, 5.74) is 2.30. The van der Waals surface area contributed by atoms with Gasteiger partial charge in [-0.2, -0.15) is 0 Å². The molecule has 0 aromatic heterocycles. The van der Waals surface area contributed by atoms with Gasteiger partial charge in [0, 0.05) is 31.8 Å². The molecular formula is C22H29NO3. The Kier molecular flexibility index (Phi) is 7.06. The van der Waals surface area contributed by atoms with E-state index < -0.39 is 6.10 Å². The predicted molar refractivity (Wildman–Crippen MR) is 103 cm³/mol. The van der Waals surface area contributed by atoms with Crippen LogP contribution in [0.15, 0.2) is 54.6 Å². The lowest BCUT2D eigenvalue weighted by molar-refractivity contribution is 0.0461. The van der Waals surface area contributed by atoms with Crippen molar-refractivity contribution in [2.75, 3.05) is 26.8 Å². The topological polar surface area (TPSA) is 41.9 Å². The van der Waals surface area contributed by atoms with E-state index in [1.807, 2.05) is 36.4 Å². The van der Waals surface area contributed by atoms with Gasteiger partial charge in [-0.25, -0.2) is 0 Å². The highest BCUT2D eigenvalue weighted by atomic mass is 16.5. The molecule has 26 heavy (non-hydrogen) atoms. The fourth-order valence-electron chi connectivity index (χ4n) is 3.60. The van der Waals surface area contributed by atoms with Crippen LogP contribution in [0.25, 0.3) is 0 Å². The Morgan fingerprint density at radius 3 is 2.65 bits per heavy atom. The molecule has 1 N–H and O–H groups in total. The lowest BCUT2D eigenvalue weighted by Crippen LogP contribution is -2.38. The predicted octanol–water partition coefficient (Wildman–Crippen LogP) is 3.28. The van der Waals surface area contributed by atoms with E-state index in [9.17, 15) is 5.11 Å². The average molecular weight is 355 g/mol. The first-order valence-electron chi connectivity index (χ1n) is 9.42. The van der Waals surface area contributed by atoms with Crippen molar-refractivity contribution in [1.82, 2.24) is 4.90 Å². The minimum Gasteiger partial charge on any atom is -0.496 e. The van der Waals surface area contributed by atoms with Crippen molar-refractivity contribution in [3.8, 4) is 5.75 Å². The molecule has 0 unspecified atom stereocenters. The van der Waals surface area contributed by atoms with Gasteiger partial charge in [-0.05, 0) is 30.9 Å². The minimum atomic E-state index is -0.409. The summed E-state index contributed by atoms with van der Waals surface area (Å²) in [6, 6.07) is 18.2. The first-order valence-corrected chi connectivity index (χ1v) is 9.42. The van der Waals surface area contributed by atoms with Crippen LogP contribution in [0.1, 0.15) is 24.0 Å². The number of ether oxygens (including phenoxy) is 2. The molecule has 2 aromatic carbocycles. The third-order valence-electron chi connectivity index (χ3n) is 4.86. The molecule has 0 bridgehead atoms. The number of para-hydroxylation sites is 1. The number of methoxy groups -OCH3 is 1. The second-order valence-electron chi connectivity index (χ2n) is 6.98. The molecule has 0 amide bonds. The Labute approximate surface area is 156 Å². The van der Waals surface area contributed by atoms with Crippen LogP contribution >= 0.6 is 0 Å². The van der Waals surface area contributed by atoms with Crippen LogP contribution in [0.5, 0.6) is 5.75 Å². The van der Waals surface area contributed by atoms with Crippen LogP contribution in [0.2, 0.25) is 0 Å². The Morgan fingerprint density at radius 2 is 1.92 bits per heavy atom. The van der Waals surface area contributed by atoms with Gasteiger partial charge in [0.1, 0.15) is 5.75 Å². The number of hydrogen-bond acceptors (Lipinski definition) is 4. The van der Waals surface area contributed by atoms with Crippen LogP contribution < -0.4 is 4.74 Å². The van der Waals surface area contributed by atoms with Crippen molar-refractivity contribution in [2.24, 2.45) is 0 Å². The molecular weight excluding hydrogens is 326 g/mol. The van der Waals surface area contributed by atoms with E-state index in [-0.39, 0.29) is 6.10 Å². The van der Waals surface area contributed by atoms with Crippen molar-refractivity contribution in [1.29, 1.82) is 0 Å². The van der Waals surface area contributed by atoms with E-state index in [0.717, 1.165) is 49.4 Å². The molecule has 0 aliphatic carbocycles. The molecule has 4 heteroatoms. The summed E-state index contributed by atoms with van der Waals surface area (Å²) in [4.78, 5) is 2.29. The molecule has 1 aliphatic rings. The molecule has 0 spiro atoms. The van der Waals surface area contributed by atoms with E-state index in [1.54, 1.807) is 7.11 Å². The summed E-state index contributed by atoms with van der Waals surface area (Å²) in [6.45, 7) is 3.05. The van der Waals surface area contributed by atoms with Gasteiger partial charge in [0.05, 0.1) is 19.3 Å². The quantitative estimate of drug-likeness (QED) is 0.750. The lowest BCUT2D eigenvalue weighted by Gasteiger charge is -2.28. The zero-order valence-electron chi connectivity index (χ0n) is 15.5. The highest BCUT2D eigenvalue weighted by Crippen LogP contribution is 2.21. The molecule has 2 atom stereocenters. The van der Waals surface area contributed by atoms with E-state index in [0.29, 0.717) is 13.0 Å². The van der Waals surface area contributed by atoms with Crippen LogP contribution in [0.3, 0.4) is 0 Å². The maximum atomic E-state index is 10.6. The SMILES string of the molecule is COc1ccccc1CN(C[C@@H](O)Cc1ccccc1)C[C@H]1CCCO1. The molecule has 3 rings (SSSR count). The molecule has 1 aliphatic heterocycles. The first kappa shape index (κ1) is 18.9. The summed E-state index contributed by atoms with van der Waals surface area (Å²) in [5, 5.41) is 10.6. The van der Waals surface area contributed by atoms with Gasteiger partial charge >= 0.3 is 0 Å². The van der Waals surface area contributed by atoms with E-state index >= 15 is 0 Å². The van der Waals surface area contributed by atoms with Crippen molar-refractivity contribution < 1.29 is 14.6 Å². The number of rotatable bonds is 9. The molecule has 0 radical (unpaired) electrons. The van der Waals surface area contributed by atoms with Gasteiger partial charge in [-0.15, -0.1) is 0 Å². The summed E-state index contributed by atoms with van der Waals surface area (Å²) in [7, 11) is 1.70. The van der Waals surface area contributed by atoms with Gasteiger partial charge in [0.2, 0.25) is 0 Å². The number of aliphatic hydroxyl groups excluding tert-OH is 1. The minimum absolute atomic E-state index is 0.258. The van der Waals surface area contributed by atoms with E-state index in [2.05, 4.69) is 23.1 Å². The fourth-order valence-corrected chi connectivity index (χ4v) is 3.60. The Balaban J connectivity index is 1.66. The third-order valence-corrected chi connectivity index (χ3v) is 4.86. The summed E-state index contributed by atoms with van der Waals surface area (Å²) in [6.07, 6.45) is 2.73. The second kappa shape index (κ2) is 9.72. The zero-order valence-corrected chi connectivity index (χ0v) is 15.5. The smallest absolute Gasteiger partial charge is 0.123 e. The van der Waals surface area contributed by atoms with Crippen molar-refractivity contribution in [3.63, 3.8) is 0 Å². The normalized spacial score (nSPS) is 18.2. The van der Waals surface area contributed by atoms with Gasteiger partial charge in [0.25, 0.3) is 0 Å². The number of nitrogens with zero attached hydrogens (tertiary/aromatic N) is 1. The third kappa shape index (κ3) is 5.56. The molecule has 0 saturated carbocycles. The standard InChI is InChI=1S/C22H29NO3/c1-25-22-12-6-5-10-19(22)15-23(17-21-11-7-13-26-21)16-20(24)14-18-8-3-2-4-9-18/h2-6,8-10,12,20-21,24H,7,11,13-17H2,1H3/t20-,21+/m0/s1. The monoisotopic (exact) mass is 355 g/mol. The summed E-state index contributed by atoms with van der Waals surface area (Å²) >= 11 is 0. The van der Waals surface area contributed by atoms with Crippen LogP contribution in [0, 0.1) is 0 Å². The van der Waals surface area contributed by atoms with E-state index in [1.165, 1.54) is 0 Å². The summed E-state index contributed by atoms with van der Waals surface area (Å²) < 4.78 is 11.3. The molecule has 140 valence electrons. The molecule has 1 fully saturated rings. The average Bonchev–Trinajstić information content (AvgIpc) is 3.16. The van der Waals surface area contributed by atoms with Crippen molar-refractivity contribution in [3.05, 3.63) is 65.7 Å². The fraction of sp³-hybridized carbons (Fsp3) is 0.455. The maximum absolute atomic E-state index is 10.6. The second-order valence-corrected chi connectivity index (χ2v) is 6.98. The van der Waals surface area contributed by atoms with Crippen LogP contribution in [0.4, 0.5) is 0 Å². The zero-order chi connectivity index (χ0) is 18.2. The highest BCUT2D eigenvalue weighted by molar-refractivity contribution is 5.33. The van der Waals surface area contributed by atoms with Crippen molar-refractivity contribution >= 4 is 0 Å². The number of hydrogen-bond donors (Lipinski definition) is 1. The van der Waals surface area contributed by atoms with Crippen LogP contribution in [-0.4, -0.2) is 49.0 Å². The van der Waals surface area contributed by atoms with Gasteiger partial charge in [-0.3, -0.25) is 4.90 Å². The highest BCUT2D eigenvalue weighted by Gasteiger charge is 2.22. The Morgan fingerprint density at radius 1 is 1.15 bits per heavy atom. The summed E-state index contributed by atoms with van der Waals surface area (Å²) in [5.74, 6) is 0.891. The molecule has 4 nitrogen and oxygen atoms in total. The van der Waals surface area contributed by atoms with Gasteiger partial charge < -0.3 is 14.6 Å². The van der Waals surface area contributed by atoms with E-state index in [4.69, 9.17) is 9.47 Å².